The average molecular weight is 419 g/mol. The Kier molecular flexibility index (Phi) is 5.39. The van der Waals surface area contributed by atoms with Crippen LogP contribution in [-0.2, 0) is 11.3 Å². The molecule has 0 radical (unpaired) electrons. The fraction of sp³-hybridized carbons (Fsp3) is 0.300. The summed E-state index contributed by atoms with van der Waals surface area (Å²) in [7, 11) is 1.32. The lowest BCUT2D eigenvalue weighted by Crippen LogP contribution is -2.18. The van der Waals surface area contributed by atoms with E-state index in [4.69, 9.17) is 20.8 Å². The maximum Gasteiger partial charge on any atom is 0.349 e. The predicted octanol–water partition coefficient (Wildman–Crippen LogP) is 4.78. The smallest absolute Gasteiger partial charge is 0.349 e. The number of likely N-dealkylation sites (tertiary alicyclic amines) is 1. The van der Waals surface area contributed by atoms with Gasteiger partial charge in [-0.15, -0.1) is 11.3 Å². The summed E-state index contributed by atoms with van der Waals surface area (Å²) in [5.74, 6) is 0.268. The van der Waals surface area contributed by atoms with E-state index in [1.807, 2.05) is 6.07 Å². The van der Waals surface area contributed by atoms with Gasteiger partial charge in [-0.3, -0.25) is 9.69 Å². The van der Waals surface area contributed by atoms with Crippen LogP contribution in [0.4, 0.5) is 5.69 Å². The highest BCUT2D eigenvalue weighted by Crippen LogP contribution is 2.37. The normalized spacial score (nSPS) is 14.5. The van der Waals surface area contributed by atoms with Gasteiger partial charge in [0.05, 0.1) is 18.7 Å². The molecule has 0 saturated carbocycles. The number of fused-ring (bicyclic) bond motifs is 1. The van der Waals surface area contributed by atoms with Gasteiger partial charge in [0.2, 0.25) is 0 Å². The Morgan fingerprint density at radius 2 is 2.04 bits per heavy atom. The SMILES string of the molecule is COC(=O)c1sc2cc(NC(=O)c3ccc(CN4CCCC4)o3)ccc2c1Cl. The maximum atomic E-state index is 12.5. The standard InChI is InChI=1S/C20H19ClN2O4S/c1-26-20(25)18-17(21)14-6-4-12(10-16(14)28-18)22-19(24)15-7-5-13(27-15)11-23-8-2-3-9-23/h4-7,10H,2-3,8-9,11H2,1H3,(H,22,24). The van der Waals surface area contributed by atoms with Gasteiger partial charge in [0.25, 0.3) is 5.91 Å². The second-order valence-electron chi connectivity index (χ2n) is 6.65. The topological polar surface area (TPSA) is 71.8 Å². The number of halogens is 1. The molecule has 1 amide bonds. The third-order valence-electron chi connectivity index (χ3n) is 4.72. The van der Waals surface area contributed by atoms with Gasteiger partial charge in [-0.1, -0.05) is 11.6 Å². The van der Waals surface area contributed by atoms with Gasteiger partial charge >= 0.3 is 5.97 Å². The molecular weight excluding hydrogens is 400 g/mol. The van der Waals surface area contributed by atoms with Crippen molar-refractivity contribution in [3.05, 3.63) is 51.8 Å². The van der Waals surface area contributed by atoms with Crippen molar-refractivity contribution in [2.75, 3.05) is 25.5 Å². The third kappa shape index (κ3) is 3.78. The molecule has 0 bridgehead atoms. The van der Waals surface area contributed by atoms with E-state index in [9.17, 15) is 9.59 Å². The lowest BCUT2D eigenvalue weighted by molar-refractivity contribution is 0.0606. The summed E-state index contributed by atoms with van der Waals surface area (Å²) in [6, 6.07) is 8.84. The number of esters is 1. The van der Waals surface area contributed by atoms with Crippen LogP contribution in [0.15, 0.2) is 34.7 Å². The van der Waals surface area contributed by atoms with E-state index in [-0.39, 0.29) is 11.7 Å². The predicted molar refractivity (Wildman–Crippen MR) is 109 cm³/mol. The van der Waals surface area contributed by atoms with Crippen molar-refractivity contribution in [2.45, 2.75) is 19.4 Å². The van der Waals surface area contributed by atoms with Crippen LogP contribution in [0.1, 0.15) is 38.8 Å². The number of carbonyl (C=O) groups is 2. The van der Waals surface area contributed by atoms with Crippen molar-refractivity contribution >= 4 is 50.6 Å². The molecular formula is C20H19ClN2O4S. The highest BCUT2D eigenvalue weighted by atomic mass is 35.5. The maximum absolute atomic E-state index is 12.5. The number of hydrogen-bond donors (Lipinski definition) is 1. The Hall–Kier alpha value is -2.35. The van der Waals surface area contributed by atoms with E-state index in [0.717, 1.165) is 35.5 Å². The Labute approximate surface area is 171 Å². The second kappa shape index (κ2) is 7.95. The summed E-state index contributed by atoms with van der Waals surface area (Å²) >= 11 is 7.49. The first-order valence-corrected chi connectivity index (χ1v) is 10.2. The average Bonchev–Trinajstić information content (AvgIpc) is 3.43. The number of benzene rings is 1. The highest BCUT2D eigenvalue weighted by molar-refractivity contribution is 7.21. The number of amides is 1. The molecule has 1 saturated heterocycles. The molecule has 1 aliphatic heterocycles. The number of thiophene rings is 1. The lowest BCUT2D eigenvalue weighted by atomic mass is 10.2. The second-order valence-corrected chi connectivity index (χ2v) is 8.08. The number of hydrogen-bond acceptors (Lipinski definition) is 6. The monoisotopic (exact) mass is 418 g/mol. The zero-order valence-electron chi connectivity index (χ0n) is 15.3. The first-order valence-electron chi connectivity index (χ1n) is 8.98. The molecule has 1 fully saturated rings. The van der Waals surface area contributed by atoms with E-state index in [0.29, 0.717) is 15.6 Å². The molecule has 0 atom stereocenters. The Morgan fingerprint density at radius 1 is 1.25 bits per heavy atom. The first kappa shape index (κ1) is 19.0. The Bertz CT molecular complexity index is 1040. The Balaban J connectivity index is 1.49. The molecule has 3 heterocycles. The number of nitrogens with zero attached hydrogens (tertiary/aromatic N) is 1. The summed E-state index contributed by atoms with van der Waals surface area (Å²) < 4.78 is 11.2. The van der Waals surface area contributed by atoms with Crippen molar-refractivity contribution < 1.29 is 18.7 Å². The lowest BCUT2D eigenvalue weighted by Gasteiger charge is -2.11. The summed E-state index contributed by atoms with van der Waals surface area (Å²) in [6.07, 6.45) is 2.42. The number of methoxy groups -OCH3 is 1. The molecule has 0 aliphatic carbocycles. The summed E-state index contributed by atoms with van der Waals surface area (Å²) in [5.41, 5.74) is 0.601. The van der Waals surface area contributed by atoms with Crippen molar-refractivity contribution in [3.8, 4) is 0 Å². The van der Waals surface area contributed by atoms with Gasteiger partial charge < -0.3 is 14.5 Å². The van der Waals surface area contributed by atoms with E-state index in [1.54, 1.807) is 24.3 Å². The van der Waals surface area contributed by atoms with Crippen molar-refractivity contribution in [2.24, 2.45) is 0 Å². The number of anilines is 1. The van der Waals surface area contributed by atoms with Gasteiger partial charge in [-0.2, -0.15) is 0 Å². The quantitative estimate of drug-likeness (QED) is 0.603. The van der Waals surface area contributed by atoms with Crippen LogP contribution < -0.4 is 5.32 Å². The molecule has 6 nitrogen and oxygen atoms in total. The van der Waals surface area contributed by atoms with Gasteiger partial charge in [0, 0.05) is 15.8 Å². The van der Waals surface area contributed by atoms with E-state index in [2.05, 4.69) is 10.2 Å². The van der Waals surface area contributed by atoms with Crippen LogP contribution in [0.5, 0.6) is 0 Å². The molecule has 0 spiro atoms. The summed E-state index contributed by atoms with van der Waals surface area (Å²) in [4.78, 5) is 27.0. The third-order valence-corrected chi connectivity index (χ3v) is 6.36. The highest BCUT2D eigenvalue weighted by Gasteiger charge is 2.19. The molecule has 1 aliphatic rings. The van der Waals surface area contributed by atoms with Crippen molar-refractivity contribution in [1.29, 1.82) is 0 Å². The van der Waals surface area contributed by atoms with Crippen LogP contribution in [0.25, 0.3) is 10.1 Å². The van der Waals surface area contributed by atoms with Crippen molar-refractivity contribution in [3.63, 3.8) is 0 Å². The van der Waals surface area contributed by atoms with Crippen LogP contribution in [0.3, 0.4) is 0 Å². The minimum atomic E-state index is -0.474. The first-order chi connectivity index (χ1) is 13.5. The fourth-order valence-corrected chi connectivity index (χ4v) is 4.77. The van der Waals surface area contributed by atoms with E-state index in [1.165, 1.54) is 31.3 Å². The van der Waals surface area contributed by atoms with Crippen LogP contribution in [0, 0.1) is 0 Å². The summed E-state index contributed by atoms with van der Waals surface area (Å²) in [6.45, 7) is 2.86. The van der Waals surface area contributed by atoms with Crippen LogP contribution in [-0.4, -0.2) is 37.0 Å². The van der Waals surface area contributed by atoms with E-state index >= 15 is 0 Å². The van der Waals surface area contributed by atoms with Crippen LogP contribution >= 0.6 is 22.9 Å². The summed E-state index contributed by atoms with van der Waals surface area (Å²) in [5, 5.41) is 3.94. The molecule has 3 aromatic rings. The molecule has 2 aromatic heterocycles. The molecule has 146 valence electrons. The number of furan rings is 1. The molecule has 1 N–H and O–H groups in total. The molecule has 8 heteroatoms. The molecule has 0 unspecified atom stereocenters. The number of rotatable bonds is 5. The number of nitrogens with one attached hydrogen (secondary N) is 1. The minimum absolute atomic E-state index is 0.272. The zero-order valence-corrected chi connectivity index (χ0v) is 16.9. The van der Waals surface area contributed by atoms with Gasteiger partial charge in [-0.25, -0.2) is 4.79 Å². The Morgan fingerprint density at radius 3 is 2.79 bits per heavy atom. The fourth-order valence-electron chi connectivity index (χ4n) is 3.31. The zero-order chi connectivity index (χ0) is 19.7. The van der Waals surface area contributed by atoms with Gasteiger partial charge in [0.1, 0.15) is 10.6 Å². The van der Waals surface area contributed by atoms with Crippen LogP contribution in [0.2, 0.25) is 5.02 Å². The molecule has 4 rings (SSSR count). The largest absolute Gasteiger partial charge is 0.465 e. The number of ether oxygens (including phenoxy) is 1. The van der Waals surface area contributed by atoms with Gasteiger partial charge in [0.15, 0.2) is 5.76 Å². The van der Waals surface area contributed by atoms with E-state index < -0.39 is 5.97 Å². The molecule has 1 aromatic carbocycles. The minimum Gasteiger partial charge on any atom is -0.465 e. The number of carbonyl (C=O) groups excluding carboxylic acids is 2. The van der Waals surface area contributed by atoms with Crippen molar-refractivity contribution in [1.82, 2.24) is 4.90 Å². The molecule has 28 heavy (non-hydrogen) atoms. The van der Waals surface area contributed by atoms with Gasteiger partial charge in [-0.05, 0) is 56.3 Å².